The lowest BCUT2D eigenvalue weighted by Crippen LogP contribution is -2.25. The smallest absolute Gasteiger partial charge is 0.348 e. The summed E-state index contributed by atoms with van der Waals surface area (Å²) in [5.41, 5.74) is 0.202. The summed E-state index contributed by atoms with van der Waals surface area (Å²) < 4.78 is 1.18. The first-order valence-corrected chi connectivity index (χ1v) is 6.75. The van der Waals surface area contributed by atoms with Gasteiger partial charge in [-0.05, 0) is 18.6 Å². The first-order valence-electron chi connectivity index (χ1n) is 6.75. The SMILES string of the molecule is CCCCCNC(=O)c1nn(-c2ccccc2)c(=O)[nH]1. The van der Waals surface area contributed by atoms with Gasteiger partial charge < -0.3 is 5.32 Å². The highest BCUT2D eigenvalue weighted by Crippen LogP contribution is 2.02. The predicted octanol–water partition coefficient (Wildman–Crippen LogP) is 1.48. The number of nitrogens with zero attached hydrogens (tertiary/aromatic N) is 2. The summed E-state index contributed by atoms with van der Waals surface area (Å²) in [5, 5.41) is 6.76. The first kappa shape index (κ1) is 14.0. The molecule has 0 radical (unpaired) electrons. The molecule has 6 nitrogen and oxygen atoms in total. The highest BCUT2D eigenvalue weighted by atomic mass is 16.2. The van der Waals surface area contributed by atoms with Crippen molar-refractivity contribution in [2.24, 2.45) is 0 Å². The van der Waals surface area contributed by atoms with E-state index in [1.807, 2.05) is 6.07 Å². The van der Waals surface area contributed by atoms with Crippen molar-refractivity contribution in [3.05, 3.63) is 46.6 Å². The standard InChI is InChI=1S/C14H18N4O2/c1-2-3-7-10-15-13(19)12-16-14(20)18(17-12)11-8-5-4-6-9-11/h4-6,8-9H,2-3,7,10H2,1H3,(H,15,19)(H,16,17,20). The number of aromatic nitrogens is 3. The maximum Gasteiger partial charge on any atom is 0.348 e. The molecule has 0 fully saturated rings. The Morgan fingerprint density at radius 2 is 2.05 bits per heavy atom. The molecule has 20 heavy (non-hydrogen) atoms. The molecule has 1 amide bonds. The van der Waals surface area contributed by atoms with E-state index in [2.05, 4.69) is 22.3 Å². The number of aromatic amines is 1. The molecule has 2 N–H and O–H groups in total. The van der Waals surface area contributed by atoms with Gasteiger partial charge in [0.2, 0.25) is 5.82 Å². The quantitative estimate of drug-likeness (QED) is 0.783. The van der Waals surface area contributed by atoms with Gasteiger partial charge in [-0.1, -0.05) is 38.0 Å². The molecule has 0 bridgehead atoms. The summed E-state index contributed by atoms with van der Waals surface area (Å²) in [6.07, 6.45) is 3.08. The van der Waals surface area contributed by atoms with Crippen molar-refractivity contribution in [2.45, 2.75) is 26.2 Å². The van der Waals surface area contributed by atoms with Gasteiger partial charge in [-0.2, -0.15) is 4.68 Å². The number of amides is 1. The van der Waals surface area contributed by atoms with E-state index in [-0.39, 0.29) is 11.7 Å². The van der Waals surface area contributed by atoms with Crippen LogP contribution in [0.15, 0.2) is 35.1 Å². The zero-order valence-electron chi connectivity index (χ0n) is 11.4. The van der Waals surface area contributed by atoms with E-state index in [1.165, 1.54) is 4.68 Å². The summed E-state index contributed by atoms with van der Waals surface area (Å²) >= 11 is 0. The Bertz CT molecular complexity index is 616. The molecule has 0 saturated carbocycles. The summed E-state index contributed by atoms with van der Waals surface area (Å²) in [6, 6.07) is 8.97. The number of hydrogen-bond acceptors (Lipinski definition) is 3. The second-order valence-corrected chi connectivity index (χ2v) is 4.49. The van der Waals surface area contributed by atoms with Crippen molar-refractivity contribution in [1.82, 2.24) is 20.1 Å². The normalized spacial score (nSPS) is 10.4. The lowest BCUT2D eigenvalue weighted by molar-refractivity contribution is 0.0942. The Labute approximate surface area is 116 Å². The molecule has 106 valence electrons. The van der Waals surface area contributed by atoms with Crippen molar-refractivity contribution >= 4 is 5.91 Å². The topological polar surface area (TPSA) is 79.8 Å². The van der Waals surface area contributed by atoms with Gasteiger partial charge in [0, 0.05) is 6.54 Å². The summed E-state index contributed by atoms with van der Waals surface area (Å²) in [7, 11) is 0. The average molecular weight is 274 g/mol. The first-order chi connectivity index (χ1) is 9.72. The van der Waals surface area contributed by atoms with Crippen LogP contribution in [-0.2, 0) is 0 Å². The molecular weight excluding hydrogens is 256 g/mol. The van der Waals surface area contributed by atoms with E-state index in [0.717, 1.165) is 19.3 Å². The van der Waals surface area contributed by atoms with E-state index in [9.17, 15) is 9.59 Å². The fourth-order valence-electron chi connectivity index (χ4n) is 1.83. The van der Waals surface area contributed by atoms with Crippen molar-refractivity contribution in [1.29, 1.82) is 0 Å². The number of carbonyl (C=O) groups is 1. The van der Waals surface area contributed by atoms with Gasteiger partial charge >= 0.3 is 5.69 Å². The Morgan fingerprint density at radius 1 is 1.30 bits per heavy atom. The van der Waals surface area contributed by atoms with E-state index in [0.29, 0.717) is 12.2 Å². The van der Waals surface area contributed by atoms with E-state index in [4.69, 9.17) is 0 Å². The molecule has 1 aromatic heterocycles. The number of rotatable bonds is 6. The molecule has 6 heteroatoms. The minimum atomic E-state index is -0.421. The van der Waals surface area contributed by atoms with Gasteiger partial charge in [0.25, 0.3) is 5.91 Å². The second-order valence-electron chi connectivity index (χ2n) is 4.49. The van der Waals surface area contributed by atoms with Crippen LogP contribution in [0.25, 0.3) is 5.69 Å². The van der Waals surface area contributed by atoms with E-state index >= 15 is 0 Å². The lowest BCUT2D eigenvalue weighted by Gasteiger charge is -2.01. The largest absolute Gasteiger partial charge is 0.349 e. The predicted molar refractivity (Wildman–Crippen MR) is 76.0 cm³/mol. The molecule has 0 saturated heterocycles. The monoisotopic (exact) mass is 274 g/mol. The second kappa shape index (κ2) is 6.70. The number of nitrogens with one attached hydrogen (secondary N) is 2. The molecule has 0 aliphatic rings. The summed E-state index contributed by atoms with van der Waals surface area (Å²) in [4.78, 5) is 26.1. The Balaban J connectivity index is 2.08. The maximum absolute atomic E-state index is 11.8. The maximum atomic E-state index is 11.8. The average Bonchev–Trinajstić information content (AvgIpc) is 2.86. The van der Waals surface area contributed by atoms with Gasteiger partial charge in [0.1, 0.15) is 0 Å². The summed E-state index contributed by atoms with van der Waals surface area (Å²) in [5.74, 6) is -0.316. The van der Waals surface area contributed by atoms with Crippen LogP contribution in [0.1, 0.15) is 36.8 Å². The van der Waals surface area contributed by atoms with Crippen molar-refractivity contribution in [2.75, 3.05) is 6.54 Å². The van der Waals surface area contributed by atoms with Crippen LogP contribution in [-0.4, -0.2) is 27.2 Å². The van der Waals surface area contributed by atoms with Gasteiger partial charge in [0.15, 0.2) is 0 Å². The van der Waals surface area contributed by atoms with Gasteiger partial charge in [-0.3, -0.25) is 9.78 Å². The lowest BCUT2D eigenvalue weighted by atomic mass is 10.2. The number of H-pyrrole nitrogens is 1. The molecular formula is C14H18N4O2. The third-order valence-corrected chi connectivity index (χ3v) is 2.90. The van der Waals surface area contributed by atoms with Crippen LogP contribution in [0, 0.1) is 0 Å². The molecule has 0 aliphatic heterocycles. The highest BCUT2D eigenvalue weighted by molar-refractivity contribution is 5.90. The molecule has 2 rings (SSSR count). The van der Waals surface area contributed by atoms with Crippen molar-refractivity contribution < 1.29 is 4.79 Å². The number of para-hydroxylation sites is 1. The zero-order valence-corrected chi connectivity index (χ0v) is 11.4. The Morgan fingerprint density at radius 3 is 2.75 bits per heavy atom. The number of carbonyl (C=O) groups excluding carboxylic acids is 1. The molecule has 1 heterocycles. The Kier molecular flexibility index (Phi) is 4.70. The summed E-state index contributed by atoms with van der Waals surface area (Å²) in [6.45, 7) is 2.69. The number of hydrogen-bond donors (Lipinski definition) is 2. The van der Waals surface area contributed by atoms with Gasteiger partial charge in [-0.15, -0.1) is 5.10 Å². The minimum Gasteiger partial charge on any atom is -0.349 e. The van der Waals surface area contributed by atoms with E-state index < -0.39 is 5.69 Å². The fourth-order valence-corrected chi connectivity index (χ4v) is 1.83. The van der Waals surface area contributed by atoms with E-state index in [1.54, 1.807) is 24.3 Å². The van der Waals surface area contributed by atoms with Crippen molar-refractivity contribution in [3.63, 3.8) is 0 Å². The molecule has 1 aromatic carbocycles. The molecule has 0 aliphatic carbocycles. The Hall–Kier alpha value is -2.37. The van der Waals surface area contributed by atoms with Crippen LogP contribution < -0.4 is 11.0 Å². The third kappa shape index (κ3) is 3.34. The molecule has 0 spiro atoms. The van der Waals surface area contributed by atoms with Crippen LogP contribution in [0.5, 0.6) is 0 Å². The number of unbranched alkanes of at least 4 members (excludes halogenated alkanes) is 2. The van der Waals surface area contributed by atoms with Crippen LogP contribution in [0.4, 0.5) is 0 Å². The fraction of sp³-hybridized carbons (Fsp3) is 0.357. The van der Waals surface area contributed by atoms with Gasteiger partial charge in [0.05, 0.1) is 5.69 Å². The highest BCUT2D eigenvalue weighted by Gasteiger charge is 2.13. The zero-order chi connectivity index (χ0) is 14.4. The van der Waals surface area contributed by atoms with Crippen LogP contribution in [0.3, 0.4) is 0 Å². The molecule has 0 atom stereocenters. The van der Waals surface area contributed by atoms with Crippen LogP contribution >= 0.6 is 0 Å². The van der Waals surface area contributed by atoms with Gasteiger partial charge in [-0.25, -0.2) is 4.79 Å². The molecule has 2 aromatic rings. The van der Waals surface area contributed by atoms with Crippen LogP contribution in [0.2, 0.25) is 0 Å². The minimum absolute atomic E-state index is 0.0374. The third-order valence-electron chi connectivity index (χ3n) is 2.90. The van der Waals surface area contributed by atoms with Crippen molar-refractivity contribution in [3.8, 4) is 5.69 Å². The molecule has 0 unspecified atom stereocenters. The number of benzene rings is 1.